The summed E-state index contributed by atoms with van der Waals surface area (Å²) in [6.07, 6.45) is -0.0289. The predicted octanol–water partition coefficient (Wildman–Crippen LogP) is 3.36. The number of halogens is 1. The Kier molecular flexibility index (Phi) is 5.26. The van der Waals surface area contributed by atoms with E-state index in [4.69, 9.17) is 4.74 Å². The van der Waals surface area contributed by atoms with Crippen LogP contribution in [-0.2, 0) is 4.74 Å². The van der Waals surface area contributed by atoms with Crippen molar-refractivity contribution in [3.8, 4) is 10.6 Å². The number of aryl methyl sites for hydroxylation is 1. The topological polar surface area (TPSA) is 42.4 Å². The first kappa shape index (κ1) is 16.6. The molecule has 6 heteroatoms. The highest BCUT2D eigenvalue weighted by atomic mass is 32.1. The normalized spacial score (nSPS) is 12.2. The molecule has 0 radical (unpaired) electrons. The van der Waals surface area contributed by atoms with Gasteiger partial charge in [-0.25, -0.2) is 9.37 Å². The summed E-state index contributed by atoms with van der Waals surface area (Å²) in [4.78, 5) is 19.2. The lowest BCUT2D eigenvalue weighted by Crippen LogP contribution is -2.33. The number of thiazole rings is 1. The molecule has 118 valence electrons. The second-order valence-corrected chi connectivity index (χ2v) is 6.17. The fourth-order valence-electron chi connectivity index (χ4n) is 2.03. The van der Waals surface area contributed by atoms with E-state index in [0.717, 1.165) is 5.56 Å². The number of amides is 1. The summed E-state index contributed by atoms with van der Waals surface area (Å²) in [5, 5.41) is 0.717. The number of hydrogen-bond donors (Lipinski definition) is 0. The van der Waals surface area contributed by atoms with Crippen LogP contribution in [0.15, 0.2) is 24.3 Å². The zero-order valence-electron chi connectivity index (χ0n) is 13.1. The van der Waals surface area contributed by atoms with Crippen molar-refractivity contribution < 1.29 is 13.9 Å². The Morgan fingerprint density at radius 2 is 2.05 bits per heavy atom. The Morgan fingerprint density at radius 3 is 2.64 bits per heavy atom. The fraction of sp³-hybridized carbons (Fsp3) is 0.375. The van der Waals surface area contributed by atoms with Crippen molar-refractivity contribution in [2.45, 2.75) is 20.0 Å². The van der Waals surface area contributed by atoms with E-state index in [1.54, 1.807) is 31.2 Å². The summed E-state index contributed by atoms with van der Waals surface area (Å²) in [5.41, 5.74) is 1.49. The average molecular weight is 322 g/mol. The van der Waals surface area contributed by atoms with Gasteiger partial charge in [-0.3, -0.25) is 4.79 Å². The van der Waals surface area contributed by atoms with Gasteiger partial charge in [0.25, 0.3) is 5.91 Å². The molecule has 0 aliphatic rings. The number of hydrogen-bond acceptors (Lipinski definition) is 4. The third-order valence-corrected chi connectivity index (χ3v) is 4.56. The van der Waals surface area contributed by atoms with Gasteiger partial charge in [0.2, 0.25) is 0 Å². The van der Waals surface area contributed by atoms with Gasteiger partial charge in [0.15, 0.2) is 0 Å². The Hall–Kier alpha value is -1.79. The van der Waals surface area contributed by atoms with Crippen molar-refractivity contribution in [2.24, 2.45) is 0 Å². The molecule has 1 heterocycles. The SMILES string of the molecule is COC(C)CN(C)C(=O)c1sc(-c2ccc(F)cc2)nc1C. The van der Waals surface area contributed by atoms with Crippen LogP contribution in [0.2, 0.25) is 0 Å². The fourth-order valence-corrected chi connectivity index (χ4v) is 3.09. The monoisotopic (exact) mass is 322 g/mol. The molecule has 2 aromatic rings. The molecule has 4 nitrogen and oxygen atoms in total. The van der Waals surface area contributed by atoms with E-state index in [-0.39, 0.29) is 17.8 Å². The number of benzene rings is 1. The lowest BCUT2D eigenvalue weighted by atomic mass is 10.2. The number of rotatable bonds is 5. The van der Waals surface area contributed by atoms with Gasteiger partial charge in [-0.1, -0.05) is 0 Å². The molecule has 0 spiro atoms. The number of methoxy groups -OCH3 is 1. The van der Waals surface area contributed by atoms with E-state index in [1.165, 1.54) is 23.5 Å². The average Bonchev–Trinajstić information content (AvgIpc) is 2.88. The molecule has 1 atom stereocenters. The van der Waals surface area contributed by atoms with Crippen LogP contribution in [0.3, 0.4) is 0 Å². The van der Waals surface area contributed by atoms with Crippen molar-refractivity contribution in [3.05, 3.63) is 40.7 Å². The first-order chi connectivity index (χ1) is 10.4. The smallest absolute Gasteiger partial charge is 0.265 e. The molecule has 0 aliphatic heterocycles. The minimum atomic E-state index is -0.290. The van der Waals surface area contributed by atoms with Gasteiger partial charge in [0, 0.05) is 26.3 Å². The number of nitrogens with zero attached hydrogens (tertiary/aromatic N) is 2. The number of carbonyl (C=O) groups is 1. The van der Waals surface area contributed by atoms with Gasteiger partial charge in [-0.15, -0.1) is 11.3 Å². The van der Waals surface area contributed by atoms with Gasteiger partial charge in [0.05, 0.1) is 11.8 Å². The maximum atomic E-state index is 13.0. The highest BCUT2D eigenvalue weighted by Gasteiger charge is 2.20. The molecule has 0 saturated carbocycles. The second-order valence-electron chi connectivity index (χ2n) is 5.17. The van der Waals surface area contributed by atoms with Crippen LogP contribution in [-0.4, -0.2) is 42.6 Å². The third-order valence-electron chi connectivity index (χ3n) is 3.36. The van der Waals surface area contributed by atoms with Crippen LogP contribution in [0.5, 0.6) is 0 Å². The van der Waals surface area contributed by atoms with Crippen LogP contribution in [0.25, 0.3) is 10.6 Å². The summed E-state index contributed by atoms with van der Waals surface area (Å²) in [7, 11) is 3.36. The summed E-state index contributed by atoms with van der Waals surface area (Å²) in [5.74, 6) is -0.367. The first-order valence-electron chi connectivity index (χ1n) is 6.94. The van der Waals surface area contributed by atoms with Crippen molar-refractivity contribution in [1.29, 1.82) is 0 Å². The maximum absolute atomic E-state index is 13.0. The van der Waals surface area contributed by atoms with Crippen LogP contribution >= 0.6 is 11.3 Å². The molecule has 1 aromatic carbocycles. The summed E-state index contributed by atoms with van der Waals surface area (Å²) in [6, 6.07) is 6.11. The van der Waals surface area contributed by atoms with E-state index in [1.807, 2.05) is 13.8 Å². The standard InChI is InChI=1S/C16H19FN2O2S/c1-10(21-4)9-19(3)16(20)14-11(2)18-15(22-14)12-5-7-13(17)8-6-12/h5-8,10H,9H2,1-4H3. The van der Waals surface area contributed by atoms with Crippen LogP contribution in [0.1, 0.15) is 22.3 Å². The summed E-state index contributed by atoms with van der Waals surface area (Å²) < 4.78 is 18.2. The Bertz CT molecular complexity index is 655. The lowest BCUT2D eigenvalue weighted by molar-refractivity contribution is 0.0603. The van der Waals surface area contributed by atoms with Gasteiger partial charge in [-0.2, -0.15) is 0 Å². The van der Waals surface area contributed by atoms with E-state index in [0.29, 0.717) is 22.1 Å². The van der Waals surface area contributed by atoms with Crippen molar-refractivity contribution >= 4 is 17.2 Å². The quantitative estimate of drug-likeness (QED) is 0.847. The van der Waals surface area contributed by atoms with E-state index in [9.17, 15) is 9.18 Å². The highest BCUT2D eigenvalue weighted by molar-refractivity contribution is 7.17. The van der Waals surface area contributed by atoms with E-state index in [2.05, 4.69) is 4.98 Å². The zero-order valence-corrected chi connectivity index (χ0v) is 13.9. The molecule has 0 bridgehead atoms. The number of aromatic nitrogens is 1. The molecule has 22 heavy (non-hydrogen) atoms. The van der Waals surface area contributed by atoms with Crippen LogP contribution < -0.4 is 0 Å². The minimum Gasteiger partial charge on any atom is -0.380 e. The second kappa shape index (κ2) is 6.98. The van der Waals surface area contributed by atoms with Gasteiger partial charge in [-0.05, 0) is 38.1 Å². The van der Waals surface area contributed by atoms with Crippen molar-refractivity contribution in [2.75, 3.05) is 20.7 Å². The molecule has 2 rings (SSSR count). The summed E-state index contributed by atoms with van der Waals surface area (Å²) >= 11 is 1.32. The molecular formula is C16H19FN2O2S. The minimum absolute atomic E-state index is 0.0289. The molecule has 1 unspecified atom stereocenters. The van der Waals surface area contributed by atoms with Gasteiger partial charge < -0.3 is 9.64 Å². The van der Waals surface area contributed by atoms with Crippen LogP contribution in [0, 0.1) is 12.7 Å². The largest absolute Gasteiger partial charge is 0.380 e. The molecule has 0 N–H and O–H groups in total. The molecule has 0 aliphatic carbocycles. The molecule has 0 fully saturated rings. The highest BCUT2D eigenvalue weighted by Crippen LogP contribution is 2.28. The van der Waals surface area contributed by atoms with Crippen LogP contribution in [0.4, 0.5) is 4.39 Å². The van der Waals surface area contributed by atoms with E-state index >= 15 is 0 Å². The number of carbonyl (C=O) groups excluding carboxylic acids is 1. The van der Waals surface area contributed by atoms with Crippen molar-refractivity contribution in [3.63, 3.8) is 0 Å². The number of likely N-dealkylation sites (N-methyl/N-ethyl adjacent to an activating group) is 1. The number of ether oxygens (including phenoxy) is 1. The van der Waals surface area contributed by atoms with Gasteiger partial charge in [0.1, 0.15) is 15.7 Å². The van der Waals surface area contributed by atoms with E-state index < -0.39 is 0 Å². The summed E-state index contributed by atoms with van der Waals surface area (Å²) in [6.45, 7) is 4.23. The van der Waals surface area contributed by atoms with Gasteiger partial charge >= 0.3 is 0 Å². The maximum Gasteiger partial charge on any atom is 0.265 e. The predicted molar refractivity (Wildman–Crippen MR) is 85.7 cm³/mol. The Balaban J connectivity index is 2.22. The molecular weight excluding hydrogens is 303 g/mol. The molecule has 0 saturated heterocycles. The zero-order chi connectivity index (χ0) is 16.3. The lowest BCUT2D eigenvalue weighted by Gasteiger charge is -2.20. The molecule has 1 amide bonds. The Labute approximate surface area is 133 Å². The molecule has 1 aromatic heterocycles. The van der Waals surface area contributed by atoms with Crippen molar-refractivity contribution in [1.82, 2.24) is 9.88 Å². The first-order valence-corrected chi connectivity index (χ1v) is 7.75. The Morgan fingerprint density at radius 1 is 1.41 bits per heavy atom. The third kappa shape index (κ3) is 3.69.